The second kappa shape index (κ2) is 6.85. The molecule has 0 radical (unpaired) electrons. The van der Waals surface area contributed by atoms with Gasteiger partial charge in [0, 0.05) is 11.1 Å². The first-order valence-corrected chi connectivity index (χ1v) is 7.03. The lowest BCUT2D eigenvalue weighted by atomic mass is 10.0. The minimum Gasteiger partial charge on any atom is -0.504 e. The van der Waals surface area contributed by atoms with E-state index < -0.39 is 0 Å². The molecule has 2 aromatic carbocycles. The number of hydrogen-bond acceptors (Lipinski definition) is 5. The first-order chi connectivity index (χ1) is 10.6. The van der Waals surface area contributed by atoms with E-state index in [-0.39, 0.29) is 28.8 Å². The molecule has 0 atom stereocenters. The number of ketones is 1. The Morgan fingerprint density at radius 1 is 0.864 bits per heavy atom. The van der Waals surface area contributed by atoms with Gasteiger partial charge >= 0.3 is 0 Å². The standard InChI is InChI=1S/C17H18O5/c1-3-21-15-9-11(5-7-13(15)18)17(20)12-6-8-14(19)16(10-12)22-4-2/h5-10,18-19H,3-4H2,1-2H3. The molecule has 5 heteroatoms. The SMILES string of the molecule is CCOc1cc(C(=O)c2ccc(O)c(OCC)c2)ccc1O. The maximum absolute atomic E-state index is 12.5. The van der Waals surface area contributed by atoms with Gasteiger partial charge < -0.3 is 19.7 Å². The lowest BCUT2D eigenvalue weighted by Gasteiger charge is -2.10. The summed E-state index contributed by atoms with van der Waals surface area (Å²) in [4.78, 5) is 12.5. The van der Waals surface area contributed by atoms with Crippen molar-refractivity contribution < 1.29 is 24.5 Å². The molecule has 22 heavy (non-hydrogen) atoms. The molecule has 0 aromatic heterocycles. The van der Waals surface area contributed by atoms with Crippen molar-refractivity contribution in [3.63, 3.8) is 0 Å². The number of aromatic hydroxyl groups is 2. The van der Waals surface area contributed by atoms with Crippen molar-refractivity contribution in [2.75, 3.05) is 13.2 Å². The predicted molar refractivity (Wildman–Crippen MR) is 82.0 cm³/mol. The van der Waals surface area contributed by atoms with Crippen molar-refractivity contribution in [3.05, 3.63) is 47.5 Å². The van der Waals surface area contributed by atoms with Gasteiger partial charge in [0.25, 0.3) is 0 Å². The molecule has 0 aliphatic rings. The summed E-state index contributed by atoms with van der Waals surface area (Å²) < 4.78 is 10.6. The zero-order valence-corrected chi connectivity index (χ0v) is 12.5. The highest BCUT2D eigenvalue weighted by Crippen LogP contribution is 2.30. The van der Waals surface area contributed by atoms with Crippen LogP contribution in [-0.2, 0) is 0 Å². The van der Waals surface area contributed by atoms with Crippen LogP contribution in [0.15, 0.2) is 36.4 Å². The summed E-state index contributed by atoms with van der Waals surface area (Å²) in [5, 5.41) is 19.4. The van der Waals surface area contributed by atoms with Crippen LogP contribution < -0.4 is 9.47 Å². The maximum atomic E-state index is 12.5. The zero-order valence-electron chi connectivity index (χ0n) is 12.5. The summed E-state index contributed by atoms with van der Waals surface area (Å²) in [5.41, 5.74) is 0.767. The van der Waals surface area contributed by atoms with E-state index in [2.05, 4.69) is 0 Å². The molecule has 0 bridgehead atoms. The quantitative estimate of drug-likeness (QED) is 0.802. The van der Waals surface area contributed by atoms with Gasteiger partial charge in [0.2, 0.25) is 0 Å². The lowest BCUT2D eigenvalue weighted by Crippen LogP contribution is -2.03. The van der Waals surface area contributed by atoms with E-state index in [1.165, 1.54) is 36.4 Å². The van der Waals surface area contributed by atoms with Crippen LogP contribution in [0.5, 0.6) is 23.0 Å². The molecule has 0 unspecified atom stereocenters. The van der Waals surface area contributed by atoms with Crippen LogP contribution in [0.1, 0.15) is 29.8 Å². The average Bonchev–Trinajstić information content (AvgIpc) is 2.51. The third kappa shape index (κ3) is 3.31. The first-order valence-electron chi connectivity index (χ1n) is 7.03. The molecule has 5 nitrogen and oxygen atoms in total. The van der Waals surface area contributed by atoms with Gasteiger partial charge in [-0.2, -0.15) is 0 Å². The van der Waals surface area contributed by atoms with Crippen molar-refractivity contribution in [3.8, 4) is 23.0 Å². The van der Waals surface area contributed by atoms with E-state index in [1.807, 2.05) is 0 Å². The molecular weight excluding hydrogens is 284 g/mol. The average molecular weight is 302 g/mol. The molecule has 2 aromatic rings. The number of phenolic OH excluding ortho intramolecular Hbond substituents is 2. The highest BCUT2D eigenvalue weighted by atomic mass is 16.5. The smallest absolute Gasteiger partial charge is 0.193 e. The number of carbonyl (C=O) groups is 1. The Morgan fingerprint density at radius 2 is 1.27 bits per heavy atom. The molecule has 0 aliphatic carbocycles. The third-order valence-electron chi connectivity index (χ3n) is 3.04. The second-order valence-corrected chi connectivity index (χ2v) is 4.56. The Kier molecular flexibility index (Phi) is 4.88. The number of ether oxygens (including phenoxy) is 2. The van der Waals surface area contributed by atoms with Crippen LogP contribution in [0, 0.1) is 0 Å². The van der Waals surface area contributed by atoms with E-state index in [1.54, 1.807) is 13.8 Å². The fourth-order valence-corrected chi connectivity index (χ4v) is 2.02. The maximum Gasteiger partial charge on any atom is 0.193 e. The molecule has 0 spiro atoms. The van der Waals surface area contributed by atoms with Crippen LogP contribution >= 0.6 is 0 Å². The highest BCUT2D eigenvalue weighted by molar-refractivity contribution is 6.09. The number of phenols is 2. The summed E-state index contributed by atoms with van der Waals surface area (Å²) in [6.07, 6.45) is 0. The molecule has 0 saturated carbocycles. The van der Waals surface area contributed by atoms with E-state index >= 15 is 0 Å². The van der Waals surface area contributed by atoms with Gasteiger partial charge in [0.15, 0.2) is 28.8 Å². The van der Waals surface area contributed by atoms with E-state index in [0.29, 0.717) is 24.3 Å². The summed E-state index contributed by atoms with van der Waals surface area (Å²) in [6, 6.07) is 8.87. The molecule has 0 saturated heterocycles. The highest BCUT2D eigenvalue weighted by Gasteiger charge is 2.14. The Morgan fingerprint density at radius 3 is 1.64 bits per heavy atom. The topological polar surface area (TPSA) is 76.0 Å². The Balaban J connectivity index is 2.35. The van der Waals surface area contributed by atoms with Crippen molar-refractivity contribution in [2.45, 2.75) is 13.8 Å². The first kappa shape index (κ1) is 15.7. The van der Waals surface area contributed by atoms with Crippen LogP contribution in [-0.4, -0.2) is 29.2 Å². The van der Waals surface area contributed by atoms with Crippen molar-refractivity contribution in [1.29, 1.82) is 0 Å². The van der Waals surface area contributed by atoms with Gasteiger partial charge in [-0.05, 0) is 50.2 Å². The molecule has 0 heterocycles. The Bertz CT molecular complexity index is 621. The van der Waals surface area contributed by atoms with Crippen LogP contribution in [0.2, 0.25) is 0 Å². The molecule has 2 rings (SSSR count). The lowest BCUT2D eigenvalue weighted by molar-refractivity contribution is 0.103. The summed E-state index contributed by atoms with van der Waals surface area (Å²) in [5.74, 6) is 0.245. The number of hydrogen-bond donors (Lipinski definition) is 2. The Labute approximate surface area is 128 Å². The van der Waals surface area contributed by atoms with Gasteiger partial charge in [-0.15, -0.1) is 0 Å². The minimum atomic E-state index is -0.248. The number of benzene rings is 2. The fraction of sp³-hybridized carbons (Fsp3) is 0.235. The van der Waals surface area contributed by atoms with Gasteiger partial charge in [-0.25, -0.2) is 0 Å². The molecule has 0 fully saturated rings. The minimum absolute atomic E-state index is 0.0147. The molecule has 2 N–H and O–H groups in total. The second-order valence-electron chi connectivity index (χ2n) is 4.56. The molecular formula is C17H18O5. The molecule has 116 valence electrons. The van der Waals surface area contributed by atoms with Gasteiger partial charge in [0.05, 0.1) is 13.2 Å². The molecule has 0 aliphatic heterocycles. The van der Waals surface area contributed by atoms with Gasteiger partial charge in [-0.3, -0.25) is 4.79 Å². The largest absolute Gasteiger partial charge is 0.504 e. The number of carbonyl (C=O) groups excluding carboxylic acids is 1. The van der Waals surface area contributed by atoms with E-state index in [4.69, 9.17) is 9.47 Å². The normalized spacial score (nSPS) is 10.3. The fourth-order valence-electron chi connectivity index (χ4n) is 2.02. The molecule has 0 amide bonds. The van der Waals surface area contributed by atoms with E-state index in [9.17, 15) is 15.0 Å². The van der Waals surface area contributed by atoms with Gasteiger partial charge in [0.1, 0.15) is 0 Å². The summed E-state index contributed by atoms with van der Waals surface area (Å²) in [6.45, 7) is 4.36. The van der Waals surface area contributed by atoms with Crippen LogP contribution in [0.3, 0.4) is 0 Å². The van der Waals surface area contributed by atoms with E-state index in [0.717, 1.165) is 0 Å². The van der Waals surface area contributed by atoms with Crippen molar-refractivity contribution in [2.24, 2.45) is 0 Å². The summed E-state index contributed by atoms with van der Waals surface area (Å²) >= 11 is 0. The van der Waals surface area contributed by atoms with Crippen LogP contribution in [0.4, 0.5) is 0 Å². The monoisotopic (exact) mass is 302 g/mol. The predicted octanol–water partition coefficient (Wildman–Crippen LogP) is 3.13. The Hall–Kier alpha value is -2.69. The zero-order chi connectivity index (χ0) is 16.1. The number of rotatable bonds is 6. The summed E-state index contributed by atoms with van der Waals surface area (Å²) in [7, 11) is 0. The third-order valence-corrected chi connectivity index (χ3v) is 3.04. The van der Waals surface area contributed by atoms with Crippen molar-refractivity contribution in [1.82, 2.24) is 0 Å². The van der Waals surface area contributed by atoms with Crippen LogP contribution in [0.25, 0.3) is 0 Å². The van der Waals surface area contributed by atoms with Gasteiger partial charge in [-0.1, -0.05) is 0 Å². The van der Waals surface area contributed by atoms with Crippen molar-refractivity contribution >= 4 is 5.78 Å².